The molecule has 0 heterocycles. The van der Waals surface area contributed by atoms with Gasteiger partial charge in [-0.3, -0.25) is 4.79 Å². The molecule has 13 heavy (non-hydrogen) atoms. The average Bonchev–Trinajstić information content (AvgIpc) is 2.02. The van der Waals surface area contributed by atoms with E-state index >= 15 is 0 Å². The van der Waals surface area contributed by atoms with Crippen molar-refractivity contribution in [2.24, 2.45) is 0 Å². The van der Waals surface area contributed by atoms with Gasteiger partial charge in [0.1, 0.15) is 0 Å². The molecule has 0 aliphatic rings. The van der Waals surface area contributed by atoms with Gasteiger partial charge in [-0.05, 0) is 20.3 Å². The van der Waals surface area contributed by atoms with Crippen molar-refractivity contribution in [2.75, 3.05) is 6.54 Å². The van der Waals surface area contributed by atoms with Crippen LogP contribution in [0.5, 0.6) is 0 Å². The largest absolute Gasteiger partial charge is 0.471 e. The van der Waals surface area contributed by atoms with Crippen LogP contribution >= 0.6 is 0 Å². The van der Waals surface area contributed by atoms with Crippen molar-refractivity contribution in [3.63, 3.8) is 0 Å². The Bertz CT molecular complexity index is 208. The number of rotatable bonds is 3. The topological polar surface area (TPSA) is 29.1 Å². The molecule has 5 heteroatoms. The second kappa shape index (κ2) is 4.89. The number of amides is 1. The van der Waals surface area contributed by atoms with Gasteiger partial charge < -0.3 is 5.32 Å². The van der Waals surface area contributed by atoms with Crippen LogP contribution in [0.25, 0.3) is 0 Å². The number of allylic oxidation sites excluding steroid dienone is 1. The quantitative estimate of drug-likeness (QED) is 0.686. The van der Waals surface area contributed by atoms with Gasteiger partial charge in [-0.25, -0.2) is 0 Å². The highest BCUT2D eigenvalue weighted by atomic mass is 19.4. The lowest BCUT2D eigenvalue weighted by atomic mass is 10.2. The van der Waals surface area contributed by atoms with Gasteiger partial charge in [0.25, 0.3) is 0 Å². The van der Waals surface area contributed by atoms with E-state index in [1.54, 1.807) is 25.2 Å². The molecule has 0 spiro atoms. The second-order valence-corrected chi connectivity index (χ2v) is 2.64. The zero-order valence-electron chi connectivity index (χ0n) is 7.53. The fraction of sp³-hybridized carbons (Fsp3) is 0.625. The number of carbonyl (C=O) groups excluding carboxylic acids is 1. The van der Waals surface area contributed by atoms with E-state index in [1.165, 1.54) is 0 Å². The molecule has 0 aliphatic carbocycles. The molecule has 76 valence electrons. The van der Waals surface area contributed by atoms with E-state index in [1.807, 2.05) is 0 Å². The Morgan fingerprint density at radius 3 is 2.38 bits per heavy atom. The molecule has 0 saturated heterocycles. The standard InChI is InChI=1S/C8H12F3NO/c1-3-6(2)4-5-12-7(13)8(9,10)11/h3H,4-5H2,1-2H3,(H,12,13). The summed E-state index contributed by atoms with van der Waals surface area (Å²) in [6, 6.07) is 0. The summed E-state index contributed by atoms with van der Waals surface area (Å²) in [5.41, 5.74) is 0.947. The van der Waals surface area contributed by atoms with Gasteiger partial charge in [0.2, 0.25) is 0 Å². The van der Waals surface area contributed by atoms with Crippen LogP contribution in [0.3, 0.4) is 0 Å². The lowest BCUT2D eigenvalue weighted by molar-refractivity contribution is -0.173. The lowest BCUT2D eigenvalue weighted by Gasteiger charge is -2.07. The van der Waals surface area contributed by atoms with Crippen LogP contribution in [-0.4, -0.2) is 18.6 Å². The summed E-state index contributed by atoms with van der Waals surface area (Å²) in [5.74, 6) is -1.88. The van der Waals surface area contributed by atoms with E-state index in [2.05, 4.69) is 0 Å². The highest BCUT2D eigenvalue weighted by molar-refractivity contribution is 5.81. The van der Waals surface area contributed by atoms with Crippen molar-refractivity contribution in [3.8, 4) is 0 Å². The molecule has 0 rings (SSSR count). The van der Waals surface area contributed by atoms with Gasteiger partial charge >= 0.3 is 12.1 Å². The molecular weight excluding hydrogens is 183 g/mol. The molecule has 0 radical (unpaired) electrons. The molecule has 2 nitrogen and oxygen atoms in total. The molecule has 0 aromatic carbocycles. The molecule has 0 fully saturated rings. The first kappa shape index (κ1) is 12.0. The maximum Gasteiger partial charge on any atom is 0.471 e. The van der Waals surface area contributed by atoms with E-state index in [0.29, 0.717) is 6.42 Å². The number of hydrogen-bond donors (Lipinski definition) is 1. The number of nitrogens with one attached hydrogen (secondary N) is 1. The summed E-state index contributed by atoms with van der Waals surface area (Å²) in [4.78, 5) is 10.3. The minimum absolute atomic E-state index is 0.0223. The van der Waals surface area contributed by atoms with Gasteiger partial charge in [0.05, 0.1) is 0 Å². The number of alkyl halides is 3. The summed E-state index contributed by atoms with van der Waals surface area (Å²) in [6.07, 6.45) is -2.54. The zero-order valence-corrected chi connectivity index (χ0v) is 7.53. The maximum atomic E-state index is 11.6. The zero-order chi connectivity index (χ0) is 10.5. The SMILES string of the molecule is CC=C(C)CCNC(=O)C(F)(F)F. The van der Waals surface area contributed by atoms with Crippen molar-refractivity contribution < 1.29 is 18.0 Å². The summed E-state index contributed by atoms with van der Waals surface area (Å²) in [7, 11) is 0. The predicted octanol–water partition coefficient (Wildman–Crippen LogP) is 2.02. The van der Waals surface area contributed by atoms with Crippen molar-refractivity contribution in [3.05, 3.63) is 11.6 Å². The van der Waals surface area contributed by atoms with E-state index in [-0.39, 0.29) is 6.54 Å². The fourth-order valence-corrected chi connectivity index (χ4v) is 0.618. The molecule has 0 unspecified atom stereocenters. The molecule has 1 N–H and O–H groups in total. The molecule has 0 aromatic rings. The predicted molar refractivity (Wildman–Crippen MR) is 43.1 cm³/mol. The number of carbonyl (C=O) groups is 1. The summed E-state index contributed by atoms with van der Waals surface area (Å²) in [6.45, 7) is 3.61. The first-order valence-corrected chi connectivity index (χ1v) is 3.84. The molecular formula is C8H12F3NO. The van der Waals surface area contributed by atoms with Crippen molar-refractivity contribution in [1.29, 1.82) is 0 Å². The van der Waals surface area contributed by atoms with Crippen molar-refractivity contribution >= 4 is 5.91 Å². The van der Waals surface area contributed by atoms with Gasteiger partial charge in [-0.1, -0.05) is 11.6 Å². The van der Waals surface area contributed by atoms with E-state index in [9.17, 15) is 18.0 Å². The third-order valence-corrected chi connectivity index (χ3v) is 1.56. The first-order chi connectivity index (χ1) is 5.88. The van der Waals surface area contributed by atoms with Gasteiger partial charge in [0.15, 0.2) is 0 Å². The first-order valence-electron chi connectivity index (χ1n) is 3.84. The second-order valence-electron chi connectivity index (χ2n) is 2.64. The van der Waals surface area contributed by atoms with Crippen LogP contribution < -0.4 is 5.32 Å². The highest BCUT2D eigenvalue weighted by Crippen LogP contribution is 2.13. The van der Waals surface area contributed by atoms with Crippen LogP contribution in [0.1, 0.15) is 20.3 Å². The molecule has 0 bridgehead atoms. The minimum Gasteiger partial charge on any atom is -0.348 e. The van der Waals surface area contributed by atoms with E-state index in [0.717, 1.165) is 5.57 Å². The average molecular weight is 195 g/mol. The highest BCUT2D eigenvalue weighted by Gasteiger charge is 2.38. The summed E-state index contributed by atoms with van der Waals surface area (Å²) >= 11 is 0. The van der Waals surface area contributed by atoms with Crippen molar-refractivity contribution in [1.82, 2.24) is 5.32 Å². The van der Waals surface area contributed by atoms with Gasteiger partial charge in [-0.15, -0.1) is 0 Å². The molecule has 0 aliphatic heterocycles. The van der Waals surface area contributed by atoms with Crippen LogP contribution in [0, 0.1) is 0 Å². The lowest BCUT2D eigenvalue weighted by Crippen LogP contribution is -2.37. The molecule has 0 aromatic heterocycles. The Labute approximate surface area is 74.8 Å². The smallest absolute Gasteiger partial charge is 0.348 e. The van der Waals surface area contributed by atoms with Crippen LogP contribution in [0.4, 0.5) is 13.2 Å². The van der Waals surface area contributed by atoms with E-state index < -0.39 is 12.1 Å². The van der Waals surface area contributed by atoms with Crippen LogP contribution in [0.15, 0.2) is 11.6 Å². The van der Waals surface area contributed by atoms with Gasteiger partial charge in [-0.2, -0.15) is 13.2 Å². The summed E-state index contributed by atoms with van der Waals surface area (Å²) < 4.78 is 34.9. The van der Waals surface area contributed by atoms with Crippen molar-refractivity contribution in [2.45, 2.75) is 26.4 Å². The summed E-state index contributed by atoms with van der Waals surface area (Å²) in [5, 5.41) is 1.78. The number of halogens is 3. The van der Waals surface area contributed by atoms with E-state index in [4.69, 9.17) is 0 Å². The maximum absolute atomic E-state index is 11.6. The normalized spacial score (nSPS) is 12.8. The third-order valence-electron chi connectivity index (χ3n) is 1.56. The Kier molecular flexibility index (Phi) is 4.51. The Morgan fingerprint density at radius 1 is 1.46 bits per heavy atom. The van der Waals surface area contributed by atoms with Gasteiger partial charge in [0, 0.05) is 6.54 Å². The minimum atomic E-state index is -4.77. The monoisotopic (exact) mass is 195 g/mol. The Morgan fingerprint density at radius 2 is 2.00 bits per heavy atom. The Balaban J connectivity index is 3.73. The fourth-order valence-electron chi connectivity index (χ4n) is 0.618. The Hall–Kier alpha value is -1.00. The molecule has 0 atom stereocenters. The third kappa shape index (κ3) is 5.27. The van der Waals surface area contributed by atoms with Crippen LogP contribution in [0.2, 0.25) is 0 Å². The van der Waals surface area contributed by atoms with Crippen LogP contribution in [-0.2, 0) is 4.79 Å². The molecule has 0 saturated carbocycles. The molecule has 1 amide bonds. The number of hydrogen-bond acceptors (Lipinski definition) is 1.